The Balaban J connectivity index is 0.000000413. The topological polar surface area (TPSA) is 168 Å². The van der Waals surface area contributed by atoms with E-state index in [-0.39, 0.29) is 0 Å². The number of carboxylic acids is 3. The number of hydrogen-bond acceptors (Lipinski definition) is 8. The largest absolute Gasteiger partial charge is 0.492 e. The van der Waals surface area contributed by atoms with Crippen LogP contribution >= 0.6 is 0 Å². The predicted molar refractivity (Wildman–Crippen MR) is 135 cm³/mol. The number of fused-ring (bicyclic) bond motifs is 1. The van der Waals surface area contributed by atoms with Crippen molar-refractivity contribution >= 4 is 17.9 Å². The molecule has 0 radical (unpaired) electrons. The van der Waals surface area contributed by atoms with Crippen molar-refractivity contribution in [3.8, 4) is 5.75 Å². The van der Waals surface area contributed by atoms with E-state index in [1.165, 1.54) is 5.69 Å². The van der Waals surface area contributed by atoms with Crippen LogP contribution in [-0.4, -0.2) is 89.3 Å². The Kier molecular flexibility index (Phi) is 14.9. The molecule has 0 amide bonds. The molecule has 46 heavy (non-hydrogen) atoms. The van der Waals surface area contributed by atoms with Crippen LogP contribution in [0, 0.1) is 5.92 Å². The molecule has 254 valence electrons. The van der Waals surface area contributed by atoms with Crippen LogP contribution in [0.25, 0.3) is 0 Å². The van der Waals surface area contributed by atoms with Gasteiger partial charge >= 0.3 is 36.4 Å². The fourth-order valence-corrected chi connectivity index (χ4v) is 3.23. The highest BCUT2D eigenvalue weighted by molar-refractivity contribution is 5.73. The first kappa shape index (κ1) is 39.1. The second kappa shape index (κ2) is 17.5. The van der Waals surface area contributed by atoms with Gasteiger partial charge in [-0.2, -0.15) is 39.5 Å². The number of hydrogen-bond donors (Lipinski definition) is 3. The number of aliphatic carboxylic acids is 3. The van der Waals surface area contributed by atoms with Crippen LogP contribution in [0.5, 0.6) is 5.75 Å². The number of carbonyl (C=O) groups is 3. The third-order valence-electron chi connectivity index (χ3n) is 5.11. The van der Waals surface area contributed by atoms with Crippen LogP contribution in [0.15, 0.2) is 61.4 Å². The molecule has 0 aliphatic carbocycles. The van der Waals surface area contributed by atoms with Gasteiger partial charge in [-0.3, -0.25) is 14.9 Å². The summed E-state index contributed by atoms with van der Waals surface area (Å²) < 4.78 is 103. The number of carboxylic acid groups (broad SMARTS) is 3. The SMILES string of the molecule is O=C(O)C(F)(F)F.O=C(O)C(F)(F)F.O=C(O)C(F)(F)F.c1ccc(CN2Cc3cncn3CC(COc3cccnc3)C2)nc1. The highest BCUT2D eigenvalue weighted by Crippen LogP contribution is 2.20. The number of aromatic nitrogens is 4. The van der Waals surface area contributed by atoms with Crippen molar-refractivity contribution in [3.63, 3.8) is 0 Å². The first-order valence-electron chi connectivity index (χ1n) is 12.2. The van der Waals surface area contributed by atoms with Gasteiger partial charge in [0.15, 0.2) is 0 Å². The van der Waals surface area contributed by atoms with Gasteiger partial charge in [0.25, 0.3) is 0 Å². The van der Waals surface area contributed by atoms with E-state index in [1.807, 2.05) is 43.0 Å². The van der Waals surface area contributed by atoms with E-state index in [1.54, 1.807) is 12.4 Å². The first-order valence-corrected chi connectivity index (χ1v) is 12.2. The van der Waals surface area contributed by atoms with E-state index in [0.29, 0.717) is 12.5 Å². The molecular formula is C25H24F9N5O7. The molecule has 3 N–H and O–H groups in total. The number of nitrogens with zero attached hydrogens (tertiary/aromatic N) is 5. The zero-order valence-electron chi connectivity index (χ0n) is 23.0. The quantitative estimate of drug-likeness (QED) is 0.330. The van der Waals surface area contributed by atoms with Crippen LogP contribution in [0.3, 0.4) is 0 Å². The van der Waals surface area contributed by atoms with E-state index >= 15 is 0 Å². The number of pyridine rings is 2. The van der Waals surface area contributed by atoms with Crippen LogP contribution in [0.1, 0.15) is 11.4 Å². The summed E-state index contributed by atoms with van der Waals surface area (Å²) in [5.74, 6) is -7.08. The standard InChI is InChI=1S/C19H21N5O.3C2HF3O2/c1-2-7-22-17(4-1)12-23-10-16(11-24-15-21-8-18(24)13-23)14-25-19-5-3-6-20-9-19;3*3-2(4,5)1(6)7/h1-9,15-16H,10-14H2;3*(H,6,7). The Morgan fingerprint density at radius 3 is 1.80 bits per heavy atom. The van der Waals surface area contributed by atoms with Crippen molar-refractivity contribution in [1.82, 2.24) is 24.4 Å². The summed E-state index contributed by atoms with van der Waals surface area (Å²) in [7, 11) is 0. The summed E-state index contributed by atoms with van der Waals surface area (Å²) in [6.07, 6.45) is -6.03. The van der Waals surface area contributed by atoms with Gasteiger partial charge in [0.05, 0.1) is 30.5 Å². The molecule has 0 saturated heterocycles. The minimum absolute atomic E-state index is 0.374. The predicted octanol–water partition coefficient (Wildman–Crippen LogP) is 4.28. The molecule has 0 saturated carbocycles. The Bertz CT molecular complexity index is 1310. The Morgan fingerprint density at radius 1 is 0.783 bits per heavy atom. The van der Waals surface area contributed by atoms with E-state index in [0.717, 1.165) is 37.6 Å². The summed E-state index contributed by atoms with van der Waals surface area (Å²) in [5.41, 5.74) is 2.32. The maximum atomic E-state index is 10.6. The third kappa shape index (κ3) is 15.7. The lowest BCUT2D eigenvalue weighted by atomic mass is 10.1. The number of rotatable bonds is 5. The molecule has 21 heteroatoms. The number of alkyl halides is 9. The molecule has 0 bridgehead atoms. The highest BCUT2D eigenvalue weighted by atomic mass is 19.4. The van der Waals surface area contributed by atoms with Gasteiger partial charge in [0.2, 0.25) is 0 Å². The lowest BCUT2D eigenvalue weighted by Gasteiger charge is -2.23. The molecule has 3 aromatic heterocycles. The normalized spacial score (nSPS) is 14.8. The first-order chi connectivity index (χ1) is 21.2. The van der Waals surface area contributed by atoms with Crippen molar-refractivity contribution in [2.75, 3.05) is 13.2 Å². The van der Waals surface area contributed by atoms with E-state index in [4.69, 9.17) is 34.4 Å². The molecule has 1 aliphatic heterocycles. The zero-order valence-corrected chi connectivity index (χ0v) is 23.0. The van der Waals surface area contributed by atoms with Crippen LogP contribution in [0.4, 0.5) is 39.5 Å². The summed E-state index contributed by atoms with van der Waals surface area (Å²) >= 11 is 0. The molecule has 1 atom stereocenters. The maximum Gasteiger partial charge on any atom is 0.490 e. The third-order valence-corrected chi connectivity index (χ3v) is 5.11. The maximum absolute atomic E-state index is 10.6. The number of ether oxygens (including phenoxy) is 1. The van der Waals surface area contributed by atoms with Gasteiger partial charge in [0, 0.05) is 50.7 Å². The Morgan fingerprint density at radius 2 is 1.35 bits per heavy atom. The second-order valence-electron chi connectivity index (χ2n) is 8.80. The lowest BCUT2D eigenvalue weighted by Crippen LogP contribution is -2.31. The fraction of sp³-hybridized carbons (Fsp3) is 0.360. The van der Waals surface area contributed by atoms with Crippen LogP contribution in [-0.2, 0) is 34.0 Å². The van der Waals surface area contributed by atoms with E-state index in [2.05, 4.69) is 30.5 Å². The van der Waals surface area contributed by atoms with Crippen molar-refractivity contribution < 1.29 is 74.0 Å². The molecule has 4 rings (SSSR count). The molecule has 1 aliphatic rings. The van der Waals surface area contributed by atoms with Gasteiger partial charge < -0.3 is 24.6 Å². The smallest absolute Gasteiger partial charge is 0.490 e. The molecule has 0 aromatic carbocycles. The number of imidazole rings is 1. The lowest BCUT2D eigenvalue weighted by molar-refractivity contribution is -0.193. The Hall–Kier alpha value is -4.95. The molecule has 1 unspecified atom stereocenters. The molecule has 4 heterocycles. The van der Waals surface area contributed by atoms with E-state index in [9.17, 15) is 39.5 Å². The minimum atomic E-state index is -5.08. The van der Waals surface area contributed by atoms with Crippen LogP contribution < -0.4 is 4.74 Å². The van der Waals surface area contributed by atoms with Crippen molar-refractivity contribution in [2.24, 2.45) is 5.92 Å². The zero-order chi connectivity index (χ0) is 35.1. The van der Waals surface area contributed by atoms with Gasteiger partial charge in [-0.05, 0) is 24.3 Å². The van der Waals surface area contributed by atoms with Crippen molar-refractivity contribution in [2.45, 2.75) is 38.2 Å². The Labute approximate surface area is 252 Å². The molecule has 0 spiro atoms. The molecular weight excluding hydrogens is 653 g/mol. The second-order valence-corrected chi connectivity index (χ2v) is 8.80. The number of halogens is 9. The highest BCUT2D eigenvalue weighted by Gasteiger charge is 2.39. The summed E-state index contributed by atoms with van der Waals surface area (Å²) in [5, 5.41) is 21.4. The van der Waals surface area contributed by atoms with Gasteiger partial charge in [0.1, 0.15) is 5.75 Å². The van der Waals surface area contributed by atoms with Gasteiger partial charge in [-0.1, -0.05) is 6.07 Å². The summed E-state index contributed by atoms with van der Waals surface area (Å²) in [6.45, 7) is 4.23. The average molecular weight is 677 g/mol. The van der Waals surface area contributed by atoms with Crippen molar-refractivity contribution in [1.29, 1.82) is 0 Å². The molecule has 0 fully saturated rings. The fourth-order valence-electron chi connectivity index (χ4n) is 3.23. The van der Waals surface area contributed by atoms with Crippen LogP contribution in [0.2, 0.25) is 0 Å². The summed E-state index contributed by atoms with van der Waals surface area (Å²) in [4.78, 5) is 42.0. The average Bonchev–Trinajstić information content (AvgIpc) is 3.31. The van der Waals surface area contributed by atoms with Gasteiger partial charge in [-0.25, -0.2) is 19.4 Å². The monoisotopic (exact) mass is 677 g/mol. The summed E-state index contributed by atoms with van der Waals surface area (Å²) in [6, 6.07) is 9.89. The van der Waals surface area contributed by atoms with Gasteiger partial charge in [-0.15, -0.1) is 0 Å². The van der Waals surface area contributed by atoms with Crippen molar-refractivity contribution in [3.05, 3.63) is 72.8 Å². The molecule has 3 aromatic rings. The minimum Gasteiger partial charge on any atom is -0.492 e. The molecule has 12 nitrogen and oxygen atoms in total. The van der Waals surface area contributed by atoms with E-state index < -0.39 is 36.4 Å².